The minimum Gasteiger partial charge on any atom is -0.422 e. The van der Waals surface area contributed by atoms with E-state index in [9.17, 15) is 9.59 Å². The van der Waals surface area contributed by atoms with Crippen molar-refractivity contribution in [2.45, 2.75) is 26.7 Å². The smallest absolute Gasteiger partial charge is 0.349 e. The zero-order chi connectivity index (χ0) is 28.8. The first-order chi connectivity index (χ1) is 19.7. The number of nitrogens with one attached hydrogen (secondary N) is 1. The summed E-state index contributed by atoms with van der Waals surface area (Å²) in [6.07, 6.45) is 1.56. The van der Waals surface area contributed by atoms with Crippen LogP contribution in [0, 0.1) is 0 Å². The van der Waals surface area contributed by atoms with Crippen molar-refractivity contribution in [3.8, 4) is 11.3 Å². The molecule has 4 heterocycles. The van der Waals surface area contributed by atoms with Crippen molar-refractivity contribution >= 4 is 56.6 Å². The van der Waals surface area contributed by atoms with E-state index in [2.05, 4.69) is 35.3 Å². The van der Waals surface area contributed by atoms with E-state index in [1.165, 1.54) is 6.92 Å². The van der Waals surface area contributed by atoms with Crippen LogP contribution in [0.2, 0.25) is 5.02 Å². The molecule has 41 heavy (non-hydrogen) atoms. The van der Waals surface area contributed by atoms with Crippen LogP contribution in [0.15, 0.2) is 51.8 Å². The second-order valence-electron chi connectivity index (χ2n) is 10.4. The minimum absolute atomic E-state index is 0.0528. The summed E-state index contributed by atoms with van der Waals surface area (Å²) in [7, 11) is 1.95. The number of rotatable bonds is 6. The highest BCUT2D eigenvalue weighted by atomic mass is 35.5. The highest BCUT2D eigenvalue weighted by Gasteiger charge is 2.25. The first kappa shape index (κ1) is 26.9. The first-order valence-corrected chi connectivity index (χ1v) is 13.8. The molecule has 0 spiro atoms. The normalized spacial score (nSPS) is 13.9. The number of fused-ring (bicyclic) bond motifs is 2. The maximum Gasteiger partial charge on any atom is 0.349 e. The first-order valence-electron chi connectivity index (χ1n) is 13.4. The molecular weight excluding hydrogens is 544 g/mol. The van der Waals surface area contributed by atoms with Crippen molar-refractivity contribution in [1.82, 2.24) is 19.7 Å². The molecule has 0 saturated carbocycles. The Balaban J connectivity index is 1.38. The number of carbonyl (C=O) groups is 1. The molecule has 3 aromatic heterocycles. The number of aryl methyl sites for hydroxylation is 1. The molecule has 2 aromatic carbocycles. The number of ketones is 1. The third-order valence-electron chi connectivity index (χ3n) is 7.26. The van der Waals surface area contributed by atoms with Crippen molar-refractivity contribution in [2.75, 3.05) is 36.5 Å². The molecule has 1 aliphatic rings. The molecule has 0 unspecified atom stereocenters. The Morgan fingerprint density at radius 1 is 1.10 bits per heavy atom. The van der Waals surface area contributed by atoms with Crippen LogP contribution in [0.25, 0.3) is 33.1 Å². The summed E-state index contributed by atoms with van der Waals surface area (Å²) in [5.74, 6) is 0.285. The molecule has 11 heteroatoms. The van der Waals surface area contributed by atoms with Crippen LogP contribution in [0.1, 0.15) is 42.7 Å². The van der Waals surface area contributed by atoms with Gasteiger partial charge in [0, 0.05) is 53.9 Å². The fraction of sp³-hybridized carbons (Fsp3) is 0.300. The lowest BCUT2D eigenvalue weighted by atomic mass is 10.0. The van der Waals surface area contributed by atoms with E-state index in [-0.39, 0.29) is 11.3 Å². The summed E-state index contributed by atoms with van der Waals surface area (Å²) < 4.78 is 13.0. The lowest BCUT2D eigenvalue weighted by molar-refractivity contribution is 0.101. The van der Waals surface area contributed by atoms with E-state index >= 15 is 0 Å². The van der Waals surface area contributed by atoms with Crippen LogP contribution in [0.3, 0.4) is 0 Å². The molecule has 210 valence electrons. The minimum atomic E-state index is -0.666. The monoisotopic (exact) mass is 572 g/mol. The van der Waals surface area contributed by atoms with E-state index in [4.69, 9.17) is 25.7 Å². The van der Waals surface area contributed by atoms with Crippen LogP contribution in [-0.4, -0.2) is 51.8 Å². The average Bonchev–Trinajstić information content (AvgIpc) is 3.28. The number of ether oxygens (including phenoxy) is 1. The second kappa shape index (κ2) is 10.6. The van der Waals surface area contributed by atoms with Crippen LogP contribution < -0.4 is 15.8 Å². The summed E-state index contributed by atoms with van der Waals surface area (Å²) in [6.45, 7) is 7.83. The fourth-order valence-corrected chi connectivity index (χ4v) is 5.70. The lowest BCUT2D eigenvalue weighted by Crippen LogP contribution is -2.38. The van der Waals surface area contributed by atoms with Crippen LogP contribution in [0.5, 0.6) is 0 Å². The Kier molecular flexibility index (Phi) is 6.96. The molecule has 0 bridgehead atoms. The largest absolute Gasteiger partial charge is 0.422 e. The van der Waals surface area contributed by atoms with Gasteiger partial charge < -0.3 is 19.4 Å². The topological polar surface area (TPSA) is 115 Å². The number of anilines is 3. The Hall–Kier alpha value is -4.28. The zero-order valence-corrected chi connectivity index (χ0v) is 24.0. The highest BCUT2D eigenvalue weighted by Crippen LogP contribution is 2.34. The summed E-state index contributed by atoms with van der Waals surface area (Å²) in [6, 6.07) is 11.3. The molecule has 1 fully saturated rings. The van der Waals surface area contributed by atoms with Gasteiger partial charge in [0.2, 0.25) is 5.95 Å². The van der Waals surface area contributed by atoms with Gasteiger partial charge in [0.25, 0.3) is 0 Å². The van der Waals surface area contributed by atoms with Crippen molar-refractivity contribution in [2.24, 2.45) is 7.05 Å². The number of morpholine rings is 1. The Morgan fingerprint density at radius 3 is 2.61 bits per heavy atom. The summed E-state index contributed by atoms with van der Waals surface area (Å²) in [5.41, 5.74) is 4.40. The number of benzene rings is 2. The Bertz CT molecular complexity index is 1870. The second-order valence-corrected chi connectivity index (χ2v) is 10.8. The quantitative estimate of drug-likeness (QED) is 0.202. The maximum absolute atomic E-state index is 12.9. The molecule has 1 N–H and O–H groups in total. The van der Waals surface area contributed by atoms with Crippen molar-refractivity contribution < 1.29 is 13.9 Å². The molecule has 5 aromatic rings. The summed E-state index contributed by atoms with van der Waals surface area (Å²) >= 11 is 6.56. The number of Topliss-reactive ketones (excluding diaryl/α,β-unsaturated/α-hetero) is 1. The molecule has 1 aliphatic heterocycles. The molecule has 0 atom stereocenters. The molecule has 0 aliphatic carbocycles. The number of nitrogens with zero attached hydrogens (tertiary/aromatic N) is 5. The number of halogens is 1. The summed E-state index contributed by atoms with van der Waals surface area (Å²) in [5, 5.41) is 9.97. The zero-order valence-electron chi connectivity index (χ0n) is 23.2. The average molecular weight is 573 g/mol. The van der Waals surface area contributed by atoms with Gasteiger partial charge >= 0.3 is 5.63 Å². The van der Waals surface area contributed by atoms with Crippen LogP contribution >= 0.6 is 11.6 Å². The van der Waals surface area contributed by atoms with Gasteiger partial charge in [-0.25, -0.2) is 14.8 Å². The fourth-order valence-electron chi connectivity index (χ4n) is 5.50. The SMILES string of the molecule is CC(=O)c1c(N2CCOCC2)c2ccc(Nc3ncc(Cl)c(-c4ccc5nn(C)c(C(C)C)c5c4)n3)cc2oc1=O. The van der Waals surface area contributed by atoms with Crippen LogP contribution in [-0.2, 0) is 11.8 Å². The van der Waals surface area contributed by atoms with Gasteiger partial charge in [-0.2, -0.15) is 5.10 Å². The van der Waals surface area contributed by atoms with Gasteiger partial charge in [0.15, 0.2) is 5.78 Å². The van der Waals surface area contributed by atoms with E-state index in [0.29, 0.717) is 71.2 Å². The number of carbonyl (C=O) groups excluding carboxylic acids is 1. The molecule has 0 radical (unpaired) electrons. The number of aromatic nitrogens is 4. The third-order valence-corrected chi connectivity index (χ3v) is 7.54. The molecule has 1 saturated heterocycles. The van der Waals surface area contributed by atoms with E-state index < -0.39 is 5.63 Å². The van der Waals surface area contributed by atoms with Gasteiger partial charge in [0.05, 0.1) is 41.3 Å². The summed E-state index contributed by atoms with van der Waals surface area (Å²) in [4.78, 5) is 36.4. The van der Waals surface area contributed by atoms with Gasteiger partial charge in [-0.3, -0.25) is 9.48 Å². The van der Waals surface area contributed by atoms with Gasteiger partial charge in [-0.05, 0) is 37.1 Å². The van der Waals surface area contributed by atoms with E-state index in [0.717, 1.165) is 22.2 Å². The predicted octanol–water partition coefficient (Wildman–Crippen LogP) is 5.70. The van der Waals surface area contributed by atoms with Crippen molar-refractivity contribution in [3.05, 3.63) is 69.3 Å². The molecular formula is C30H29ClN6O4. The Labute approximate surface area is 240 Å². The maximum atomic E-state index is 12.9. The van der Waals surface area contributed by atoms with Gasteiger partial charge in [-0.1, -0.05) is 31.5 Å². The molecule has 0 amide bonds. The van der Waals surface area contributed by atoms with E-state index in [1.807, 2.05) is 40.9 Å². The van der Waals surface area contributed by atoms with Gasteiger partial charge in [-0.15, -0.1) is 0 Å². The van der Waals surface area contributed by atoms with Gasteiger partial charge in [0.1, 0.15) is 11.1 Å². The lowest BCUT2D eigenvalue weighted by Gasteiger charge is -2.30. The van der Waals surface area contributed by atoms with Crippen molar-refractivity contribution in [1.29, 1.82) is 0 Å². The number of hydrogen-bond acceptors (Lipinski definition) is 9. The van der Waals surface area contributed by atoms with Crippen molar-refractivity contribution in [3.63, 3.8) is 0 Å². The third kappa shape index (κ3) is 4.93. The predicted molar refractivity (Wildman–Crippen MR) is 160 cm³/mol. The van der Waals surface area contributed by atoms with Crippen LogP contribution in [0.4, 0.5) is 17.3 Å². The standard InChI is InChI=1S/C30H29ClN6O4/c1-16(2)27-21-13-18(5-8-23(21)35-36(27)4)26-22(31)15-32-30(34-26)33-19-6-7-20-24(14-19)41-29(39)25(17(3)38)28(20)37-9-11-40-12-10-37/h5-8,13-16H,9-12H2,1-4H3,(H,32,33,34). The molecule has 6 rings (SSSR count). The molecule has 10 nitrogen and oxygen atoms in total. The Morgan fingerprint density at radius 2 is 1.88 bits per heavy atom. The number of hydrogen-bond donors (Lipinski definition) is 1. The van der Waals surface area contributed by atoms with E-state index in [1.54, 1.807) is 12.3 Å². The highest BCUT2D eigenvalue weighted by molar-refractivity contribution is 6.33.